The summed E-state index contributed by atoms with van der Waals surface area (Å²) >= 11 is 0. The molecule has 2 aromatic rings. The van der Waals surface area contributed by atoms with Crippen LogP contribution < -0.4 is 14.8 Å². The molecule has 0 aliphatic heterocycles. The molecule has 0 radical (unpaired) electrons. The molecule has 2 aliphatic rings. The first kappa shape index (κ1) is 18.8. The topological polar surface area (TPSA) is 60.5 Å². The van der Waals surface area contributed by atoms with Crippen LogP contribution in [0.2, 0.25) is 0 Å². The van der Waals surface area contributed by atoms with Gasteiger partial charge >= 0.3 is 0 Å². The molecular formula is C23H28N2O3. The number of carbonyl (C=O) groups is 1. The Labute approximate surface area is 166 Å². The van der Waals surface area contributed by atoms with Gasteiger partial charge in [0.15, 0.2) is 11.5 Å². The Morgan fingerprint density at radius 1 is 1.07 bits per heavy atom. The van der Waals surface area contributed by atoms with E-state index in [0.717, 1.165) is 17.2 Å². The van der Waals surface area contributed by atoms with Gasteiger partial charge in [-0.2, -0.15) is 0 Å². The molecule has 4 rings (SSSR count). The molecule has 4 atom stereocenters. The number of hydrogen-bond donors (Lipinski definition) is 1. The lowest BCUT2D eigenvalue weighted by atomic mass is 9.53. The average molecular weight is 380 g/mol. The highest BCUT2D eigenvalue weighted by Gasteiger charge is 2.52. The number of nitrogens with one attached hydrogen (secondary N) is 1. The van der Waals surface area contributed by atoms with E-state index in [2.05, 4.69) is 22.4 Å². The first-order valence-corrected chi connectivity index (χ1v) is 10.1. The molecule has 2 saturated carbocycles. The summed E-state index contributed by atoms with van der Waals surface area (Å²) in [7, 11) is 3.31. The molecule has 148 valence electrons. The number of pyridine rings is 1. The molecule has 1 heterocycles. The van der Waals surface area contributed by atoms with Gasteiger partial charge in [0.25, 0.3) is 5.91 Å². The van der Waals surface area contributed by atoms with E-state index in [0.29, 0.717) is 23.3 Å². The summed E-state index contributed by atoms with van der Waals surface area (Å²) in [6.45, 7) is 1.88. The fraction of sp³-hybridized carbons (Fsp3) is 0.478. The number of carbonyl (C=O) groups excluding carboxylic acids is 1. The zero-order chi connectivity index (χ0) is 19.7. The summed E-state index contributed by atoms with van der Waals surface area (Å²) in [6.07, 6.45) is 6.65. The normalized spacial score (nSPS) is 26.0. The lowest BCUT2D eigenvalue weighted by molar-refractivity contribution is 0.0250. The minimum atomic E-state index is -0.0231. The quantitative estimate of drug-likeness (QED) is 0.848. The molecule has 1 aromatic heterocycles. The Hall–Kier alpha value is -2.56. The zero-order valence-electron chi connectivity index (χ0n) is 16.8. The summed E-state index contributed by atoms with van der Waals surface area (Å²) in [5, 5.41) is 3.34. The number of benzene rings is 1. The molecular weight excluding hydrogens is 352 g/mol. The van der Waals surface area contributed by atoms with Gasteiger partial charge in [-0.15, -0.1) is 0 Å². The second-order valence-electron chi connectivity index (χ2n) is 7.89. The van der Waals surface area contributed by atoms with Gasteiger partial charge in [0.05, 0.1) is 19.8 Å². The second kappa shape index (κ2) is 7.82. The maximum absolute atomic E-state index is 12.9. The third-order valence-electron chi connectivity index (χ3n) is 6.53. The molecule has 2 unspecified atom stereocenters. The number of aromatic nitrogens is 1. The van der Waals surface area contributed by atoms with Crippen molar-refractivity contribution in [3.05, 3.63) is 53.3 Å². The van der Waals surface area contributed by atoms with Gasteiger partial charge in [0, 0.05) is 23.9 Å². The van der Waals surface area contributed by atoms with Crippen molar-refractivity contribution < 1.29 is 14.3 Å². The van der Waals surface area contributed by atoms with E-state index in [-0.39, 0.29) is 11.9 Å². The van der Waals surface area contributed by atoms with Crippen molar-refractivity contribution in [2.45, 2.75) is 44.6 Å². The number of nitrogens with zero attached hydrogens (tertiary/aromatic N) is 1. The van der Waals surface area contributed by atoms with Crippen molar-refractivity contribution in [2.24, 2.45) is 11.8 Å². The van der Waals surface area contributed by atoms with Crippen molar-refractivity contribution >= 4 is 5.91 Å². The Bertz CT molecular complexity index is 867. The van der Waals surface area contributed by atoms with Crippen LogP contribution in [-0.4, -0.2) is 31.2 Å². The predicted molar refractivity (Wildman–Crippen MR) is 108 cm³/mol. The molecule has 1 amide bonds. The number of ether oxygens (including phenoxy) is 2. The van der Waals surface area contributed by atoms with E-state index in [1.165, 1.54) is 31.2 Å². The smallest absolute Gasteiger partial charge is 0.253 e. The largest absolute Gasteiger partial charge is 0.493 e. The predicted octanol–water partition coefficient (Wildman–Crippen LogP) is 4.11. The maximum atomic E-state index is 12.9. The van der Waals surface area contributed by atoms with Gasteiger partial charge in [0.2, 0.25) is 0 Å². The Morgan fingerprint density at radius 2 is 1.82 bits per heavy atom. The van der Waals surface area contributed by atoms with Crippen LogP contribution in [0, 0.1) is 18.8 Å². The van der Waals surface area contributed by atoms with Crippen LogP contribution in [0.3, 0.4) is 0 Å². The van der Waals surface area contributed by atoms with Gasteiger partial charge in [-0.1, -0.05) is 18.9 Å². The molecule has 1 N–H and O–H groups in total. The van der Waals surface area contributed by atoms with Crippen molar-refractivity contribution in [3.8, 4) is 11.5 Å². The number of methoxy groups -OCH3 is 2. The minimum absolute atomic E-state index is 0.0231. The lowest BCUT2D eigenvalue weighted by Crippen LogP contribution is -2.59. The molecule has 5 heteroatoms. The van der Waals surface area contributed by atoms with Gasteiger partial charge in [0.1, 0.15) is 0 Å². The SMILES string of the molecule is COc1ccc([C@H]2C3CCCCC3[C@@H]2NC(=O)c2cccnc2C)cc1OC. The van der Waals surface area contributed by atoms with Gasteiger partial charge in [-0.05, 0) is 61.4 Å². The van der Waals surface area contributed by atoms with Crippen LogP contribution in [0.5, 0.6) is 11.5 Å². The Balaban J connectivity index is 1.61. The van der Waals surface area contributed by atoms with Gasteiger partial charge in [-0.25, -0.2) is 0 Å². The average Bonchev–Trinajstić information content (AvgIpc) is 2.72. The van der Waals surface area contributed by atoms with Crippen molar-refractivity contribution in [1.29, 1.82) is 0 Å². The third kappa shape index (κ3) is 3.23. The summed E-state index contributed by atoms with van der Waals surface area (Å²) in [4.78, 5) is 17.2. The fourth-order valence-corrected chi connectivity index (χ4v) is 5.13. The molecule has 2 fully saturated rings. The van der Waals surface area contributed by atoms with Crippen molar-refractivity contribution in [2.75, 3.05) is 14.2 Å². The number of fused-ring (bicyclic) bond motifs is 1. The van der Waals surface area contributed by atoms with Crippen LogP contribution in [0.1, 0.15) is 53.2 Å². The monoisotopic (exact) mass is 380 g/mol. The van der Waals surface area contributed by atoms with E-state index in [1.807, 2.05) is 25.1 Å². The summed E-state index contributed by atoms with van der Waals surface area (Å²) < 4.78 is 10.9. The standard InChI is InChI=1S/C23H28N2O3/c1-14-16(9-6-12-24-14)23(26)25-22-18-8-5-4-7-17(18)21(22)15-10-11-19(27-2)20(13-15)28-3/h6,9-13,17-18,21-22H,4-5,7-8H2,1-3H3,(H,25,26)/t17?,18?,21-,22-/m0/s1. The van der Waals surface area contributed by atoms with E-state index < -0.39 is 0 Å². The highest BCUT2D eigenvalue weighted by molar-refractivity contribution is 5.95. The second-order valence-corrected chi connectivity index (χ2v) is 7.89. The van der Waals surface area contributed by atoms with Crippen molar-refractivity contribution in [1.82, 2.24) is 10.3 Å². The van der Waals surface area contributed by atoms with Crippen LogP contribution in [-0.2, 0) is 0 Å². The highest BCUT2D eigenvalue weighted by atomic mass is 16.5. The summed E-state index contributed by atoms with van der Waals surface area (Å²) in [5.74, 6) is 2.93. The minimum Gasteiger partial charge on any atom is -0.493 e. The Kier molecular flexibility index (Phi) is 5.25. The lowest BCUT2D eigenvalue weighted by Gasteiger charge is -2.55. The van der Waals surface area contributed by atoms with Gasteiger partial charge in [-0.3, -0.25) is 9.78 Å². The molecule has 0 saturated heterocycles. The van der Waals surface area contributed by atoms with Crippen molar-refractivity contribution in [3.63, 3.8) is 0 Å². The summed E-state index contributed by atoms with van der Waals surface area (Å²) in [5.41, 5.74) is 2.64. The maximum Gasteiger partial charge on any atom is 0.253 e. The molecule has 28 heavy (non-hydrogen) atoms. The first-order valence-electron chi connectivity index (χ1n) is 10.1. The summed E-state index contributed by atoms with van der Waals surface area (Å²) in [6, 6.07) is 9.97. The van der Waals surface area contributed by atoms with E-state index in [4.69, 9.17) is 9.47 Å². The fourth-order valence-electron chi connectivity index (χ4n) is 5.13. The van der Waals surface area contributed by atoms with E-state index >= 15 is 0 Å². The Morgan fingerprint density at radius 3 is 2.54 bits per heavy atom. The van der Waals surface area contributed by atoms with Crippen LogP contribution in [0.15, 0.2) is 36.5 Å². The molecule has 0 bridgehead atoms. The number of rotatable bonds is 5. The third-order valence-corrected chi connectivity index (χ3v) is 6.53. The highest BCUT2D eigenvalue weighted by Crippen LogP contribution is 2.55. The molecule has 2 aliphatic carbocycles. The molecule has 1 aromatic carbocycles. The van der Waals surface area contributed by atoms with E-state index in [9.17, 15) is 4.79 Å². The molecule has 5 nitrogen and oxygen atoms in total. The van der Waals surface area contributed by atoms with Crippen LogP contribution >= 0.6 is 0 Å². The van der Waals surface area contributed by atoms with Crippen LogP contribution in [0.25, 0.3) is 0 Å². The number of hydrogen-bond acceptors (Lipinski definition) is 4. The number of amides is 1. The molecule has 0 spiro atoms. The first-order chi connectivity index (χ1) is 13.6. The van der Waals surface area contributed by atoms with Gasteiger partial charge < -0.3 is 14.8 Å². The number of aryl methyl sites for hydroxylation is 1. The van der Waals surface area contributed by atoms with E-state index in [1.54, 1.807) is 20.4 Å². The zero-order valence-corrected chi connectivity index (χ0v) is 16.8. The van der Waals surface area contributed by atoms with Crippen LogP contribution in [0.4, 0.5) is 0 Å².